The van der Waals surface area contributed by atoms with E-state index in [4.69, 9.17) is 0 Å². The van der Waals surface area contributed by atoms with Crippen LogP contribution in [0.1, 0.15) is 25.2 Å². The van der Waals surface area contributed by atoms with E-state index in [0.717, 1.165) is 25.3 Å². The van der Waals surface area contributed by atoms with Crippen LogP contribution in [0.15, 0.2) is 29.2 Å². The summed E-state index contributed by atoms with van der Waals surface area (Å²) in [7, 11) is 0. The first-order valence-corrected chi connectivity index (χ1v) is 6.92. The van der Waals surface area contributed by atoms with Gasteiger partial charge in [0.25, 0.3) is 0 Å². The fraction of sp³-hybridized carbons (Fsp3) is 0.462. The van der Waals surface area contributed by atoms with Crippen LogP contribution in [-0.2, 0) is 13.1 Å². The molecule has 2 rings (SSSR count). The summed E-state index contributed by atoms with van der Waals surface area (Å²) in [6.07, 6.45) is 2.12. The molecule has 92 valence electrons. The van der Waals surface area contributed by atoms with E-state index >= 15 is 0 Å². The lowest BCUT2D eigenvalue weighted by Crippen LogP contribution is -2.20. The maximum atomic E-state index is 4.32. The monoisotopic (exact) mass is 249 g/mol. The van der Waals surface area contributed by atoms with Crippen molar-refractivity contribution in [1.29, 1.82) is 0 Å². The molecule has 2 heterocycles. The van der Waals surface area contributed by atoms with Crippen LogP contribution in [-0.4, -0.2) is 16.1 Å². The smallest absolute Gasteiger partial charge is 0.0795 e. The first-order valence-electron chi connectivity index (χ1n) is 5.97. The van der Waals surface area contributed by atoms with Crippen LogP contribution in [0.3, 0.4) is 0 Å². The molecule has 0 saturated heterocycles. The zero-order valence-electron chi connectivity index (χ0n) is 10.4. The minimum atomic E-state index is 0.692. The third kappa shape index (κ3) is 3.68. The molecule has 0 spiro atoms. The molecule has 3 nitrogen and oxygen atoms in total. The second-order valence-corrected chi connectivity index (χ2v) is 5.35. The summed E-state index contributed by atoms with van der Waals surface area (Å²) in [5.74, 6) is 0.692. The molecule has 0 aromatic carbocycles. The van der Waals surface area contributed by atoms with Crippen LogP contribution in [0.5, 0.6) is 0 Å². The molecule has 17 heavy (non-hydrogen) atoms. The predicted molar refractivity (Wildman–Crippen MR) is 72.2 cm³/mol. The molecule has 0 fully saturated rings. The van der Waals surface area contributed by atoms with Gasteiger partial charge in [-0.05, 0) is 24.6 Å². The Labute approximate surface area is 107 Å². The maximum absolute atomic E-state index is 4.32. The molecule has 0 unspecified atom stereocenters. The number of thiazole rings is 1. The Morgan fingerprint density at radius 1 is 1.47 bits per heavy atom. The van der Waals surface area contributed by atoms with E-state index in [2.05, 4.69) is 52.4 Å². The Bertz CT molecular complexity index is 431. The highest BCUT2D eigenvalue weighted by Crippen LogP contribution is 2.08. The van der Waals surface area contributed by atoms with Gasteiger partial charge in [-0.25, -0.2) is 4.98 Å². The number of nitrogens with one attached hydrogen (secondary N) is 1. The van der Waals surface area contributed by atoms with Crippen LogP contribution < -0.4 is 5.32 Å². The topological polar surface area (TPSA) is 29.9 Å². The van der Waals surface area contributed by atoms with Gasteiger partial charge in [-0.2, -0.15) is 0 Å². The van der Waals surface area contributed by atoms with Gasteiger partial charge < -0.3 is 9.88 Å². The first-order chi connectivity index (χ1) is 8.25. The van der Waals surface area contributed by atoms with Gasteiger partial charge in [0.2, 0.25) is 0 Å². The second kappa shape index (κ2) is 5.98. The van der Waals surface area contributed by atoms with Gasteiger partial charge in [0.1, 0.15) is 0 Å². The van der Waals surface area contributed by atoms with Crippen molar-refractivity contribution in [2.24, 2.45) is 5.92 Å². The Morgan fingerprint density at radius 2 is 2.35 bits per heavy atom. The van der Waals surface area contributed by atoms with Crippen LogP contribution in [0.4, 0.5) is 0 Å². The van der Waals surface area contributed by atoms with Crippen LogP contribution in [0.25, 0.3) is 0 Å². The van der Waals surface area contributed by atoms with E-state index < -0.39 is 0 Å². The van der Waals surface area contributed by atoms with Gasteiger partial charge in [0, 0.05) is 23.8 Å². The molecule has 0 bridgehead atoms. The van der Waals surface area contributed by atoms with Crippen molar-refractivity contribution in [3.63, 3.8) is 0 Å². The average molecular weight is 249 g/mol. The first kappa shape index (κ1) is 12.3. The SMILES string of the molecule is CC(C)CNCc1cccn1Cc1cscn1. The normalized spacial score (nSPS) is 11.2. The summed E-state index contributed by atoms with van der Waals surface area (Å²) in [6.45, 7) is 7.30. The third-order valence-corrected chi connectivity index (χ3v) is 3.23. The van der Waals surface area contributed by atoms with Gasteiger partial charge in [-0.15, -0.1) is 11.3 Å². The summed E-state index contributed by atoms with van der Waals surface area (Å²) < 4.78 is 2.25. The standard InChI is InChI=1S/C13H19N3S/c1-11(2)6-14-7-13-4-3-5-16(13)8-12-9-17-10-15-12/h3-5,9-11,14H,6-8H2,1-2H3. The lowest BCUT2D eigenvalue weighted by molar-refractivity contribution is 0.538. The van der Waals surface area contributed by atoms with E-state index in [1.54, 1.807) is 11.3 Å². The molecule has 2 aromatic heterocycles. The summed E-state index contributed by atoms with van der Waals surface area (Å²) in [5, 5.41) is 5.57. The van der Waals surface area contributed by atoms with Gasteiger partial charge >= 0.3 is 0 Å². The highest BCUT2D eigenvalue weighted by Gasteiger charge is 2.03. The van der Waals surface area contributed by atoms with Gasteiger partial charge in [-0.3, -0.25) is 0 Å². The van der Waals surface area contributed by atoms with Gasteiger partial charge in [0.05, 0.1) is 17.7 Å². The van der Waals surface area contributed by atoms with Crippen molar-refractivity contribution in [3.05, 3.63) is 40.6 Å². The lowest BCUT2D eigenvalue weighted by Gasteiger charge is -2.10. The molecule has 0 aliphatic rings. The Kier molecular flexibility index (Phi) is 4.34. The highest BCUT2D eigenvalue weighted by atomic mass is 32.1. The summed E-state index contributed by atoms with van der Waals surface area (Å²) in [6, 6.07) is 4.26. The second-order valence-electron chi connectivity index (χ2n) is 4.63. The summed E-state index contributed by atoms with van der Waals surface area (Å²) in [5.41, 5.74) is 4.34. The van der Waals surface area contributed by atoms with Crippen molar-refractivity contribution < 1.29 is 0 Å². The van der Waals surface area contributed by atoms with Crippen molar-refractivity contribution >= 4 is 11.3 Å². The molecular formula is C13H19N3S. The maximum Gasteiger partial charge on any atom is 0.0795 e. The molecular weight excluding hydrogens is 230 g/mol. The van der Waals surface area contributed by atoms with Gasteiger partial charge in [-0.1, -0.05) is 13.8 Å². The minimum absolute atomic E-state index is 0.692. The number of hydrogen-bond acceptors (Lipinski definition) is 3. The van der Waals surface area contributed by atoms with E-state index in [-0.39, 0.29) is 0 Å². The Hall–Kier alpha value is -1.13. The summed E-state index contributed by atoms with van der Waals surface area (Å²) in [4.78, 5) is 4.32. The zero-order valence-corrected chi connectivity index (χ0v) is 11.2. The molecule has 1 N–H and O–H groups in total. The van der Waals surface area contributed by atoms with Crippen LogP contribution >= 0.6 is 11.3 Å². The number of nitrogens with zero attached hydrogens (tertiary/aromatic N) is 2. The molecule has 4 heteroatoms. The third-order valence-electron chi connectivity index (χ3n) is 2.60. The number of aromatic nitrogens is 2. The molecule has 0 atom stereocenters. The minimum Gasteiger partial charge on any atom is -0.344 e. The molecule has 0 aliphatic heterocycles. The van der Waals surface area contributed by atoms with E-state index in [1.165, 1.54) is 5.69 Å². The molecule has 0 aliphatic carbocycles. The zero-order chi connectivity index (χ0) is 12.1. The van der Waals surface area contributed by atoms with E-state index in [0.29, 0.717) is 5.92 Å². The van der Waals surface area contributed by atoms with E-state index in [1.807, 2.05) is 5.51 Å². The average Bonchev–Trinajstić information content (AvgIpc) is 2.91. The Morgan fingerprint density at radius 3 is 3.06 bits per heavy atom. The number of hydrogen-bond donors (Lipinski definition) is 1. The quantitative estimate of drug-likeness (QED) is 0.853. The van der Waals surface area contributed by atoms with Crippen LogP contribution in [0.2, 0.25) is 0 Å². The lowest BCUT2D eigenvalue weighted by atomic mass is 10.2. The molecule has 2 aromatic rings. The Balaban J connectivity index is 1.92. The predicted octanol–water partition coefficient (Wildman–Crippen LogP) is 2.74. The highest BCUT2D eigenvalue weighted by molar-refractivity contribution is 7.07. The van der Waals surface area contributed by atoms with Crippen molar-refractivity contribution in [2.45, 2.75) is 26.9 Å². The molecule has 0 saturated carbocycles. The van der Waals surface area contributed by atoms with E-state index in [9.17, 15) is 0 Å². The molecule has 0 amide bonds. The van der Waals surface area contributed by atoms with Gasteiger partial charge in [0.15, 0.2) is 0 Å². The largest absolute Gasteiger partial charge is 0.344 e. The number of rotatable bonds is 6. The molecule has 0 radical (unpaired) electrons. The van der Waals surface area contributed by atoms with Crippen LogP contribution in [0, 0.1) is 5.92 Å². The van der Waals surface area contributed by atoms with Crippen molar-refractivity contribution in [3.8, 4) is 0 Å². The van der Waals surface area contributed by atoms with Crippen molar-refractivity contribution in [1.82, 2.24) is 14.9 Å². The summed E-state index contributed by atoms with van der Waals surface area (Å²) >= 11 is 1.65. The fourth-order valence-corrected chi connectivity index (χ4v) is 2.29. The fourth-order valence-electron chi connectivity index (χ4n) is 1.74. The van der Waals surface area contributed by atoms with Crippen molar-refractivity contribution in [2.75, 3.05) is 6.54 Å².